The van der Waals surface area contributed by atoms with Crippen LogP contribution in [0, 0.1) is 5.92 Å². The zero-order valence-corrected chi connectivity index (χ0v) is 10.9. The smallest absolute Gasteiger partial charge is 0.126 e. The van der Waals surface area contributed by atoms with E-state index < -0.39 is 0 Å². The van der Waals surface area contributed by atoms with E-state index in [2.05, 4.69) is 43.2 Å². The summed E-state index contributed by atoms with van der Waals surface area (Å²) < 4.78 is 5.35. The molecule has 0 aliphatic carbocycles. The third kappa shape index (κ3) is 3.19. The molecule has 0 amide bonds. The monoisotopic (exact) mass is 234 g/mol. The van der Waals surface area contributed by atoms with Gasteiger partial charge in [-0.2, -0.15) is 0 Å². The number of nitrogens with one attached hydrogen (secondary N) is 1. The second kappa shape index (κ2) is 5.50. The molecule has 1 aromatic rings. The minimum absolute atomic E-state index is 0.423. The predicted molar refractivity (Wildman–Crippen MR) is 70.3 cm³/mol. The van der Waals surface area contributed by atoms with E-state index in [0.717, 1.165) is 25.5 Å². The van der Waals surface area contributed by atoms with Crippen LogP contribution in [0.5, 0.6) is 0 Å². The van der Waals surface area contributed by atoms with Gasteiger partial charge in [0, 0.05) is 12.8 Å². The van der Waals surface area contributed by atoms with Crippen molar-refractivity contribution in [3.8, 4) is 0 Å². The molecule has 94 valence electrons. The van der Waals surface area contributed by atoms with Gasteiger partial charge in [-0.15, -0.1) is 0 Å². The van der Waals surface area contributed by atoms with Gasteiger partial charge in [0.1, 0.15) is 5.82 Å². The molecule has 1 saturated heterocycles. The van der Waals surface area contributed by atoms with Gasteiger partial charge in [-0.05, 0) is 36.0 Å². The first-order chi connectivity index (χ1) is 8.16. The van der Waals surface area contributed by atoms with E-state index >= 15 is 0 Å². The second-order valence-electron chi connectivity index (χ2n) is 5.21. The number of anilines is 1. The van der Waals surface area contributed by atoms with Crippen LogP contribution in [-0.4, -0.2) is 24.2 Å². The molecule has 3 nitrogen and oxygen atoms in total. The van der Waals surface area contributed by atoms with Crippen molar-refractivity contribution in [1.82, 2.24) is 4.98 Å². The van der Waals surface area contributed by atoms with Gasteiger partial charge in [-0.3, -0.25) is 0 Å². The van der Waals surface area contributed by atoms with Crippen LogP contribution < -0.4 is 5.32 Å². The molecule has 1 aliphatic heterocycles. The summed E-state index contributed by atoms with van der Waals surface area (Å²) in [4.78, 5) is 4.38. The zero-order chi connectivity index (χ0) is 12.3. The number of ether oxygens (including phenoxy) is 1. The lowest BCUT2D eigenvalue weighted by Crippen LogP contribution is -2.19. The van der Waals surface area contributed by atoms with Crippen LogP contribution in [0.1, 0.15) is 38.7 Å². The van der Waals surface area contributed by atoms with Gasteiger partial charge in [0.2, 0.25) is 0 Å². The van der Waals surface area contributed by atoms with Crippen molar-refractivity contribution in [3.05, 3.63) is 23.9 Å². The second-order valence-corrected chi connectivity index (χ2v) is 5.21. The fourth-order valence-electron chi connectivity index (χ4n) is 2.05. The van der Waals surface area contributed by atoms with E-state index in [4.69, 9.17) is 4.74 Å². The number of nitrogens with zero attached hydrogens (tertiary/aromatic N) is 1. The Hall–Kier alpha value is -1.09. The molecule has 1 N–H and O–H groups in total. The predicted octanol–water partition coefficient (Wildman–Crippen LogP) is 3.04. The highest BCUT2D eigenvalue weighted by Gasteiger charge is 2.16. The van der Waals surface area contributed by atoms with Crippen molar-refractivity contribution >= 4 is 5.82 Å². The third-order valence-corrected chi connectivity index (χ3v) is 3.59. The van der Waals surface area contributed by atoms with E-state index in [1.54, 1.807) is 0 Å². The molecule has 2 rings (SSSR count). The van der Waals surface area contributed by atoms with Gasteiger partial charge in [-0.25, -0.2) is 4.98 Å². The van der Waals surface area contributed by atoms with Gasteiger partial charge in [0.15, 0.2) is 0 Å². The molecule has 0 spiro atoms. The fraction of sp³-hybridized carbons (Fsp3) is 0.643. The van der Waals surface area contributed by atoms with Gasteiger partial charge >= 0.3 is 0 Å². The summed E-state index contributed by atoms with van der Waals surface area (Å²) in [5, 5.41) is 3.44. The van der Waals surface area contributed by atoms with Crippen molar-refractivity contribution in [2.45, 2.75) is 39.2 Å². The molecule has 1 aromatic heterocycles. The fourth-order valence-corrected chi connectivity index (χ4v) is 2.05. The Bertz CT molecular complexity index is 359. The maximum absolute atomic E-state index is 5.35. The molecular weight excluding hydrogens is 212 g/mol. The molecule has 2 atom stereocenters. The average Bonchev–Trinajstić information content (AvgIpc) is 2.81. The van der Waals surface area contributed by atoms with Gasteiger partial charge in [0.05, 0.1) is 12.6 Å². The van der Waals surface area contributed by atoms with Crippen LogP contribution >= 0.6 is 0 Å². The Balaban J connectivity index is 2.05. The van der Waals surface area contributed by atoms with E-state index in [0.29, 0.717) is 17.9 Å². The Morgan fingerprint density at radius 3 is 2.88 bits per heavy atom. The minimum Gasteiger partial charge on any atom is -0.379 e. The zero-order valence-electron chi connectivity index (χ0n) is 10.9. The minimum atomic E-state index is 0.423. The lowest BCUT2D eigenvalue weighted by atomic mass is 9.91. The lowest BCUT2D eigenvalue weighted by Gasteiger charge is -2.18. The topological polar surface area (TPSA) is 34.2 Å². The van der Waals surface area contributed by atoms with Crippen LogP contribution in [0.3, 0.4) is 0 Å². The van der Waals surface area contributed by atoms with Crippen molar-refractivity contribution in [1.29, 1.82) is 0 Å². The highest BCUT2D eigenvalue weighted by atomic mass is 16.5. The maximum Gasteiger partial charge on any atom is 0.126 e. The Morgan fingerprint density at radius 2 is 2.24 bits per heavy atom. The molecule has 3 heteroatoms. The summed E-state index contributed by atoms with van der Waals surface area (Å²) >= 11 is 0. The number of hydrogen-bond donors (Lipinski definition) is 1. The van der Waals surface area contributed by atoms with Crippen molar-refractivity contribution in [2.24, 2.45) is 5.92 Å². The lowest BCUT2D eigenvalue weighted by molar-refractivity contribution is 0.195. The first-order valence-electron chi connectivity index (χ1n) is 6.47. The summed E-state index contributed by atoms with van der Waals surface area (Å²) in [6.45, 7) is 8.43. The van der Waals surface area contributed by atoms with Gasteiger partial charge in [-0.1, -0.05) is 20.8 Å². The molecule has 2 unspecified atom stereocenters. The van der Waals surface area contributed by atoms with Crippen LogP contribution in [0.25, 0.3) is 0 Å². The third-order valence-electron chi connectivity index (χ3n) is 3.59. The first-order valence-corrected chi connectivity index (χ1v) is 6.47. The molecule has 0 radical (unpaired) electrons. The van der Waals surface area contributed by atoms with E-state index in [9.17, 15) is 0 Å². The SMILES string of the molecule is CC(C)C(C)c1ccnc(NC2CCOC2)c1. The van der Waals surface area contributed by atoms with Crippen molar-refractivity contribution in [2.75, 3.05) is 18.5 Å². The number of aromatic nitrogens is 1. The molecular formula is C14H22N2O. The largest absolute Gasteiger partial charge is 0.379 e. The Labute approximate surface area is 104 Å². The summed E-state index contributed by atoms with van der Waals surface area (Å²) in [5.74, 6) is 2.20. The quantitative estimate of drug-likeness (QED) is 0.869. The highest BCUT2D eigenvalue weighted by molar-refractivity contribution is 5.40. The summed E-state index contributed by atoms with van der Waals surface area (Å²) in [6, 6.07) is 4.70. The van der Waals surface area contributed by atoms with E-state index in [1.165, 1.54) is 5.56 Å². The maximum atomic E-state index is 5.35. The highest BCUT2D eigenvalue weighted by Crippen LogP contribution is 2.25. The summed E-state index contributed by atoms with van der Waals surface area (Å²) in [6.07, 6.45) is 2.97. The normalized spacial score (nSPS) is 21.8. The van der Waals surface area contributed by atoms with Crippen LogP contribution in [0.15, 0.2) is 18.3 Å². The number of hydrogen-bond acceptors (Lipinski definition) is 3. The van der Waals surface area contributed by atoms with Gasteiger partial charge < -0.3 is 10.1 Å². The molecule has 1 fully saturated rings. The first kappa shape index (κ1) is 12.4. The number of rotatable bonds is 4. The van der Waals surface area contributed by atoms with Crippen LogP contribution in [-0.2, 0) is 4.74 Å². The van der Waals surface area contributed by atoms with Crippen molar-refractivity contribution in [3.63, 3.8) is 0 Å². The van der Waals surface area contributed by atoms with Gasteiger partial charge in [0.25, 0.3) is 0 Å². The van der Waals surface area contributed by atoms with E-state index in [-0.39, 0.29) is 0 Å². The van der Waals surface area contributed by atoms with Crippen LogP contribution in [0.4, 0.5) is 5.82 Å². The van der Waals surface area contributed by atoms with E-state index in [1.807, 2.05) is 6.20 Å². The molecule has 0 bridgehead atoms. The average molecular weight is 234 g/mol. The standard InChI is InChI=1S/C14H22N2O/c1-10(2)11(3)12-4-6-15-14(8-12)16-13-5-7-17-9-13/h4,6,8,10-11,13H,5,7,9H2,1-3H3,(H,15,16). The Morgan fingerprint density at radius 1 is 1.41 bits per heavy atom. The molecule has 0 saturated carbocycles. The van der Waals surface area contributed by atoms with Crippen LogP contribution in [0.2, 0.25) is 0 Å². The molecule has 17 heavy (non-hydrogen) atoms. The molecule has 0 aromatic carbocycles. The molecule has 1 aliphatic rings. The Kier molecular flexibility index (Phi) is 4.00. The molecule has 2 heterocycles. The van der Waals surface area contributed by atoms with Crippen molar-refractivity contribution < 1.29 is 4.74 Å². The number of pyridine rings is 1. The summed E-state index contributed by atoms with van der Waals surface area (Å²) in [5.41, 5.74) is 1.36. The summed E-state index contributed by atoms with van der Waals surface area (Å²) in [7, 11) is 0.